The molecule has 5 heavy (non-hydrogen) atoms. The summed E-state index contributed by atoms with van der Waals surface area (Å²) in [6, 6.07) is 0. The molecule has 1 atom stereocenters. The third-order valence-corrected chi connectivity index (χ3v) is 1.31. The van der Waals surface area contributed by atoms with Crippen molar-refractivity contribution in [2.75, 3.05) is 11.5 Å². The number of rotatable bonds is 2. The van der Waals surface area contributed by atoms with Crippen molar-refractivity contribution in [3.63, 3.8) is 0 Å². The van der Waals surface area contributed by atoms with Gasteiger partial charge in [0, 0.05) is 6.76 Å². The van der Waals surface area contributed by atoms with Crippen LogP contribution >= 0.6 is 25.2 Å². The Bertz CT molecular complexity index is 18.3. The van der Waals surface area contributed by atoms with Gasteiger partial charge in [-0.25, -0.2) is 0 Å². The van der Waals surface area contributed by atoms with Crippen LogP contribution < -0.4 is 0 Å². The second-order valence-electron chi connectivity index (χ2n) is 0.831. The lowest BCUT2D eigenvalue weighted by atomic mass is 10.6. The topological polar surface area (TPSA) is 0 Å². The largest absolute Gasteiger partial charge is 0.138 e. The molecular weight excluding hydrogens is 147 g/mol. The molecule has 0 aromatic rings. The van der Waals surface area contributed by atoms with Gasteiger partial charge in [0.05, 0.1) is 0 Å². The summed E-state index contributed by atoms with van der Waals surface area (Å²) in [4.78, 5) is 0. The van der Waals surface area contributed by atoms with E-state index in [-0.39, 0.29) is 1.43 Å². The van der Waals surface area contributed by atoms with E-state index < -0.39 is 0 Å². The van der Waals surface area contributed by atoms with E-state index in [0.29, 0.717) is 0 Å². The lowest BCUT2D eigenvalue weighted by Gasteiger charge is -1.77. The van der Waals surface area contributed by atoms with Crippen molar-refractivity contribution >= 4 is 25.2 Å². The summed E-state index contributed by atoms with van der Waals surface area (Å²) in [5.41, 5.74) is 0. The van der Waals surface area contributed by atoms with Crippen LogP contribution in [0.2, 0.25) is 0 Å². The lowest BCUT2D eigenvalue weighted by Crippen LogP contribution is -1.69. The fourth-order valence-corrected chi connectivity index (χ4v) is 1.20. The predicted octanol–water partition coefficient (Wildman–Crippen LogP) is 1.89. The van der Waals surface area contributed by atoms with Gasteiger partial charge in [-0.1, -0.05) is 15.9 Å². The van der Waals surface area contributed by atoms with Gasteiger partial charge in [-0.2, -0.15) is 0 Å². The van der Waals surface area contributed by atoms with E-state index in [9.17, 15) is 0 Å². The van der Waals surface area contributed by atoms with Gasteiger partial charge >= 0.3 is 0 Å². The minimum Gasteiger partial charge on any atom is -0.138 e. The van der Waals surface area contributed by atoms with Crippen molar-refractivity contribution in [1.82, 2.24) is 0 Å². The highest BCUT2D eigenvalue weighted by atomic mass is 79.9. The molecule has 0 heterocycles. The number of hydrogen-bond acceptors (Lipinski definition) is 0. The van der Waals surface area contributed by atoms with Crippen LogP contribution in [0.5, 0.6) is 0 Å². The molecule has 0 fully saturated rings. The van der Waals surface area contributed by atoms with Crippen LogP contribution in [0.15, 0.2) is 0 Å². The first kappa shape index (κ1) is 5.91. The third-order valence-electron chi connectivity index (χ3n) is 0.338. The SMILES string of the molecule is PCCCBr.[HH]. The molecular formula is C3H10BrP. The summed E-state index contributed by atoms with van der Waals surface area (Å²) >= 11 is 3.30. The van der Waals surface area contributed by atoms with E-state index in [1.54, 1.807) is 0 Å². The highest BCUT2D eigenvalue weighted by Crippen LogP contribution is 1.90. The quantitative estimate of drug-likeness (QED) is 0.424. The van der Waals surface area contributed by atoms with Crippen LogP contribution in [0.25, 0.3) is 0 Å². The normalized spacial score (nSPS) is 8.40. The molecule has 0 aliphatic heterocycles. The molecule has 0 rings (SSSR count). The van der Waals surface area contributed by atoms with Crippen LogP contribution in [-0.4, -0.2) is 11.5 Å². The van der Waals surface area contributed by atoms with E-state index in [2.05, 4.69) is 25.2 Å². The molecule has 0 aromatic carbocycles. The molecule has 0 N–H and O–H groups in total. The maximum atomic E-state index is 3.30. The van der Waals surface area contributed by atoms with Gasteiger partial charge in [0.25, 0.3) is 0 Å². The summed E-state index contributed by atoms with van der Waals surface area (Å²) in [6.45, 7) is 0. The van der Waals surface area contributed by atoms with E-state index in [4.69, 9.17) is 0 Å². The Balaban J connectivity index is 0. The molecule has 0 aliphatic carbocycles. The summed E-state index contributed by atoms with van der Waals surface area (Å²) < 4.78 is 0. The summed E-state index contributed by atoms with van der Waals surface area (Å²) in [5.74, 6) is 0. The van der Waals surface area contributed by atoms with E-state index in [1.807, 2.05) is 0 Å². The standard InChI is InChI=1S/C3H8BrP.H2/c4-2-1-3-5;/h1-3,5H2;1H. The summed E-state index contributed by atoms with van der Waals surface area (Å²) in [6.07, 6.45) is 2.48. The van der Waals surface area contributed by atoms with Crippen LogP contribution in [0, 0.1) is 0 Å². The van der Waals surface area contributed by atoms with Crippen molar-refractivity contribution in [2.24, 2.45) is 0 Å². The lowest BCUT2D eigenvalue weighted by molar-refractivity contribution is 1.14. The molecule has 34 valence electrons. The van der Waals surface area contributed by atoms with Gasteiger partial charge in [0.15, 0.2) is 0 Å². The van der Waals surface area contributed by atoms with Gasteiger partial charge in [-0.3, -0.25) is 0 Å². The van der Waals surface area contributed by atoms with Gasteiger partial charge in [0.1, 0.15) is 0 Å². The first-order chi connectivity index (χ1) is 2.41. The van der Waals surface area contributed by atoms with E-state index >= 15 is 0 Å². The van der Waals surface area contributed by atoms with Crippen molar-refractivity contribution in [2.45, 2.75) is 6.42 Å². The van der Waals surface area contributed by atoms with Crippen LogP contribution in [0.1, 0.15) is 7.85 Å². The maximum absolute atomic E-state index is 3.30. The minimum absolute atomic E-state index is 0. The molecule has 0 spiro atoms. The number of hydrogen-bond donors (Lipinski definition) is 0. The Hall–Kier alpha value is 0.910. The molecule has 0 amide bonds. The fourth-order valence-electron chi connectivity index (χ4n) is 0.0772. The molecule has 1 unspecified atom stereocenters. The highest BCUT2D eigenvalue weighted by molar-refractivity contribution is 9.09. The van der Waals surface area contributed by atoms with Crippen LogP contribution in [0.3, 0.4) is 0 Å². The highest BCUT2D eigenvalue weighted by Gasteiger charge is 1.69. The van der Waals surface area contributed by atoms with Crippen molar-refractivity contribution in [1.29, 1.82) is 0 Å². The van der Waals surface area contributed by atoms with Crippen LogP contribution in [-0.2, 0) is 0 Å². The second kappa shape index (κ2) is 4.91. The van der Waals surface area contributed by atoms with E-state index in [1.165, 1.54) is 12.6 Å². The minimum atomic E-state index is 0. The third kappa shape index (κ3) is 4.91. The Morgan fingerprint density at radius 1 is 1.80 bits per heavy atom. The van der Waals surface area contributed by atoms with Crippen molar-refractivity contribution in [3.8, 4) is 0 Å². The predicted molar refractivity (Wildman–Crippen MR) is 35.1 cm³/mol. The zero-order valence-corrected chi connectivity index (χ0v) is 5.82. The number of halogens is 1. The summed E-state index contributed by atoms with van der Waals surface area (Å²) in [5, 5.41) is 1.14. The maximum Gasteiger partial charge on any atom is 0.00344 e. The van der Waals surface area contributed by atoms with Crippen LogP contribution in [0.4, 0.5) is 0 Å². The Kier molecular flexibility index (Phi) is 5.80. The second-order valence-corrected chi connectivity index (χ2v) is 2.20. The number of alkyl halides is 1. The average molecular weight is 157 g/mol. The fraction of sp³-hybridized carbons (Fsp3) is 1.00. The Labute approximate surface area is 45.2 Å². The first-order valence-corrected chi connectivity index (χ1v) is 3.61. The van der Waals surface area contributed by atoms with E-state index in [0.717, 1.165) is 5.33 Å². The molecule has 0 aromatic heterocycles. The monoisotopic (exact) mass is 156 g/mol. The molecule has 0 aliphatic rings. The van der Waals surface area contributed by atoms with Gasteiger partial charge < -0.3 is 0 Å². The molecule has 0 saturated heterocycles. The summed E-state index contributed by atoms with van der Waals surface area (Å²) in [7, 11) is 2.67. The smallest absolute Gasteiger partial charge is 0.00344 e. The average Bonchev–Trinajstić information content (AvgIpc) is 1.41. The zero-order valence-electron chi connectivity index (χ0n) is 3.08. The zero-order chi connectivity index (χ0) is 4.12. The molecule has 0 bridgehead atoms. The van der Waals surface area contributed by atoms with Crippen molar-refractivity contribution < 1.29 is 1.43 Å². The molecule has 0 nitrogen and oxygen atoms in total. The Morgan fingerprint density at radius 3 is 2.40 bits per heavy atom. The molecule has 0 saturated carbocycles. The Morgan fingerprint density at radius 2 is 2.40 bits per heavy atom. The van der Waals surface area contributed by atoms with Gasteiger partial charge in [-0.15, -0.1) is 9.24 Å². The molecule has 2 heteroatoms. The van der Waals surface area contributed by atoms with Crippen molar-refractivity contribution in [3.05, 3.63) is 0 Å². The van der Waals surface area contributed by atoms with Gasteiger partial charge in [-0.05, 0) is 12.6 Å². The molecule has 0 radical (unpaired) electrons. The first-order valence-electron chi connectivity index (χ1n) is 1.68. The van der Waals surface area contributed by atoms with Gasteiger partial charge in [0.2, 0.25) is 0 Å².